The highest BCUT2D eigenvalue weighted by Gasteiger charge is 2.44. The molecule has 1 unspecified atom stereocenters. The molecule has 0 saturated carbocycles. The summed E-state index contributed by atoms with van der Waals surface area (Å²) in [5.74, 6) is -3.66. The molecule has 0 radical (unpaired) electrons. The molecular weight excluding hydrogens is 957 g/mol. The molecule has 2 saturated heterocycles. The number of likely N-dealkylation sites (tertiary alicyclic amines) is 1. The third-order valence-electron chi connectivity index (χ3n) is 16.0. The van der Waals surface area contributed by atoms with Crippen molar-refractivity contribution in [3.05, 3.63) is 87.9 Å². The van der Waals surface area contributed by atoms with E-state index >= 15 is 0 Å². The molecule has 2 aromatic carbocycles. The van der Waals surface area contributed by atoms with Crippen LogP contribution >= 0.6 is 11.3 Å². The summed E-state index contributed by atoms with van der Waals surface area (Å²) in [4.78, 5) is 99.5. The van der Waals surface area contributed by atoms with Gasteiger partial charge in [0.15, 0.2) is 5.78 Å². The number of Topliss-reactive ketones (excluding diaryl/α,β-unsaturated/α-hetero) is 2. The second-order valence-corrected chi connectivity index (χ2v) is 22.7. The molecule has 16 heteroatoms. The number of thiazole rings is 1. The zero-order chi connectivity index (χ0) is 54.4. The number of rotatable bonds is 26. The Balaban J connectivity index is 1.29. The van der Waals surface area contributed by atoms with E-state index in [-0.39, 0.29) is 84.9 Å². The zero-order valence-electron chi connectivity index (χ0n) is 46.3. The molecule has 1 N–H and O–H groups in total. The first-order valence-electron chi connectivity index (χ1n) is 26.9. The van der Waals surface area contributed by atoms with Gasteiger partial charge in [0.25, 0.3) is 5.91 Å². The Kier molecular flexibility index (Phi) is 22.8. The zero-order valence-corrected chi connectivity index (χ0v) is 47.1. The molecule has 2 aliphatic rings. The molecule has 2 aliphatic heterocycles. The number of methoxy groups -OCH3 is 1. The first-order valence-corrected chi connectivity index (χ1v) is 27.8. The molecule has 3 aromatic rings. The van der Waals surface area contributed by atoms with E-state index in [1.165, 1.54) is 23.3 Å². The van der Waals surface area contributed by atoms with Gasteiger partial charge in [-0.25, -0.2) is 9.78 Å². The van der Waals surface area contributed by atoms with Gasteiger partial charge < -0.3 is 39.1 Å². The van der Waals surface area contributed by atoms with Crippen molar-refractivity contribution < 1.29 is 43.3 Å². The number of aliphatic hydroxyl groups excluding tert-OH is 1. The Morgan fingerprint density at radius 1 is 0.838 bits per heavy atom. The van der Waals surface area contributed by atoms with Gasteiger partial charge in [-0.3, -0.25) is 24.0 Å². The third kappa shape index (κ3) is 15.3. The summed E-state index contributed by atoms with van der Waals surface area (Å²) in [6, 6.07) is 15.5. The van der Waals surface area contributed by atoms with Crippen LogP contribution in [0.3, 0.4) is 0 Å². The van der Waals surface area contributed by atoms with E-state index in [1.54, 1.807) is 42.3 Å². The monoisotopic (exact) mass is 1040 g/mol. The van der Waals surface area contributed by atoms with Crippen molar-refractivity contribution in [1.29, 1.82) is 0 Å². The van der Waals surface area contributed by atoms with Gasteiger partial charge in [0.1, 0.15) is 5.78 Å². The predicted octanol–water partition coefficient (Wildman–Crippen LogP) is 8.09. The minimum Gasteiger partial charge on any atom is -0.431 e. The second kappa shape index (κ2) is 28.2. The lowest BCUT2D eigenvalue weighted by molar-refractivity contribution is -0.148. The normalized spacial score (nSPS) is 19.0. The van der Waals surface area contributed by atoms with Crippen LogP contribution in [-0.2, 0) is 39.9 Å². The van der Waals surface area contributed by atoms with Gasteiger partial charge >= 0.3 is 6.09 Å². The molecule has 74 heavy (non-hydrogen) atoms. The number of aromatic nitrogens is 1. The standard InChI is InChI=1S/C58H86N6O9S/c1-13-40(7)53(50(72-12)35-51(68)64-26-17-20-47(64)46(36-65)41(8)48(66)33-44(55-59-25-31-74-55)32-42-18-15-14-16-19-42)61(10)56(69)45(37(2)3)34-49(67)52(38(4)5)62(11)58(71)73-54(43-23-21-39(6)22-24-43)57(70)63-29-27-60(9)28-30-63/h14-16,18-19,21-25,31,37-38,40-41,44-47,50,52-54,65H,13,17,20,26-30,32-36H2,1-12H3/t40-,41+,44+,45-,46+,47-,50+,52-,53-,54?/m0/s1. The summed E-state index contributed by atoms with van der Waals surface area (Å²) in [7, 11) is 6.77. The highest BCUT2D eigenvalue weighted by molar-refractivity contribution is 7.09. The van der Waals surface area contributed by atoms with E-state index < -0.39 is 48.1 Å². The SMILES string of the molecule is CC[C@H](C)[C@@H]([C@@H](CC(=O)N1CCC[C@H]1[C@H](CO)[C@@H](C)C(=O)C[C@@H](Cc1ccccc1)c1nccs1)OC)N(C)C(=O)[C@@H](CC(=O)[C@H](C(C)C)N(C)C(=O)OC(C(=O)N1CCN(C)CC1)c1ccc(C)cc1)C(C)C. The third-order valence-corrected chi connectivity index (χ3v) is 16.9. The molecule has 408 valence electrons. The number of aliphatic hydroxyl groups is 1. The Labute approximate surface area is 445 Å². The van der Waals surface area contributed by atoms with Crippen molar-refractivity contribution in [3.63, 3.8) is 0 Å². The number of hydrogen-bond acceptors (Lipinski definition) is 12. The Morgan fingerprint density at radius 3 is 2.07 bits per heavy atom. The van der Waals surface area contributed by atoms with Crippen molar-refractivity contribution in [2.75, 3.05) is 67.6 Å². The van der Waals surface area contributed by atoms with Gasteiger partial charge in [-0.15, -0.1) is 11.3 Å². The summed E-state index contributed by atoms with van der Waals surface area (Å²) >= 11 is 1.53. The Bertz CT molecular complexity index is 2270. The number of piperazine rings is 1. The van der Waals surface area contributed by atoms with Crippen molar-refractivity contribution in [1.82, 2.24) is 29.5 Å². The first-order chi connectivity index (χ1) is 35.2. The van der Waals surface area contributed by atoms with Crippen LogP contribution in [0.1, 0.15) is 121 Å². The van der Waals surface area contributed by atoms with Crippen molar-refractivity contribution in [3.8, 4) is 0 Å². The molecule has 0 bridgehead atoms. The van der Waals surface area contributed by atoms with Gasteiger partial charge in [-0.1, -0.05) is 115 Å². The summed E-state index contributed by atoms with van der Waals surface area (Å²) < 4.78 is 12.2. The largest absolute Gasteiger partial charge is 0.431 e. The molecule has 1 aromatic heterocycles. The summed E-state index contributed by atoms with van der Waals surface area (Å²) in [6.45, 7) is 17.9. The molecule has 0 spiro atoms. The van der Waals surface area contributed by atoms with Crippen LogP contribution in [0.15, 0.2) is 66.2 Å². The minimum absolute atomic E-state index is 0.0238. The first kappa shape index (κ1) is 59.8. The number of ether oxygens (including phenoxy) is 2. The molecule has 5 rings (SSSR count). The number of amides is 4. The summed E-state index contributed by atoms with van der Waals surface area (Å²) in [6.07, 6.45) is 1.82. The van der Waals surface area contributed by atoms with Crippen molar-refractivity contribution >= 4 is 46.7 Å². The molecule has 0 aliphatic carbocycles. The van der Waals surface area contributed by atoms with Crippen LogP contribution in [0, 0.1) is 42.4 Å². The molecular formula is C58H86N6O9S. The molecule has 15 nitrogen and oxygen atoms in total. The lowest BCUT2D eigenvalue weighted by Crippen LogP contribution is -2.54. The number of likely N-dealkylation sites (N-methyl/N-ethyl adjacent to an activating group) is 3. The van der Waals surface area contributed by atoms with E-state index in [4.69, 9.17) is 9.47 Å². The van der Waals surface area contributed by atoms with Gasteiger partial charge in [0.2, 0.25) is 17.9 Å². The maximum Gasteiger partial charge on any atom is 0.411 e. The number of nitrogens with zero attached hydrogens (tertiary/aromatic N) is 6. The Hall–Kier alpha value is -5.03. The Morgan fingerprint density at radius 2 is 1.50 bits per heavy atom. The minimum atomic E-state index is -1.21. The number of benzene rings is 2. The fourth-order valence-electron chi connectivity index (χ4n) is 11.2. The van der Waals surface area contributed by atoms with Crippen LogP contribution < -0.4 is 0 Å². The second-order valence-electron chi connectivity index (χ2n) is 21.8. The lowest BCUT2D eigenvalue weighted by atomic mass is 9.80. The van der Waals surface area contributed by atoms with E-state index in [1.807, 2.05) is 103 Å². The number of ketones is 2. The lowest BCUT2D eigenvalue weighted by Gasteiger charge is -2.41. The molecule has 10 atom stereocenters. The maximum absolute atomic E-state index is 14.9. The molecule has 2 fully saturated rings. The number of carbonyl (C=O) groups excluding carboxylic acids is 6. The van der Waals surface area contributed by atoms with Crippen LogP contribution in [0.25, 0.3) is 0 Å². The van der Waals surface area contributed by atoms with E-state index in [9.17, 15) is 33.9 Å². The van der Waals surface area contributed by atoms with Crippen molar-refractivity contribution in [2.45, 2.75) is 137 Å². The molecule has 4 amide bonds. The summed E-state index contributed by atoms with van der Waals surface area (Å²) in [5, 5.41) is 13.7. The van der Waals surface area contributed by atoms with E-state index in [0.717, 1.165) is 22.6 Å². The van der Waals surface area contributed by atoms with Crippen LogP contribution in [-0.4, -0.2) is 162 Å². The quantitative estimate of drug-likeness (QED) is 0.0825. The van der Waals surface area contributed by atoms with Gasteiger partial charge in [0, 0.05) is 120 Å². The topological polar surface area (TPSA) is 170 Å². The highest BCUT2D eigenvalue weighted by atomic mass is 32.1. The van der Waals surface area contributed by atoms with Gasteiger partial charge in [-0.2, -0.15) is 0 Å². The summed E-state index contributed by atoms with van der Waals surface area (Å²) in [5.41, 5.74) is 2.65. The van der Waals surface area contributed by atoms with Crippen LogP contribution in [0.5, 0.6) is 0 Å². The average molecular weight is 1040 g/mol. The maximum atomic E-state index is 14.9. The van der Waals surface area contributed by atoms with Gasteiger partial charge in [0.05, 0.1) is 29.6 Å². The smallest absolute Gasteiger partial charge is 0.411 e. The number of aryl methyl sites for hydroxylation is 1. The number of carbonyl (C=O) groups is 6. The van der Waals surface area contributed by atoms with Crippen LogP contribution in [0.2, 0.25) is 0 Å². The van der Waals surface area contributed by atoms with Gasteiger partial charge in [-0.05, 0) is 56.6 Å². The highest BCUT2D eigenvalue weighted by Crippen LogP contribution is 2.35. The fourth-order valence-corrected chi connectivity index (χ4v) is 11.9. The molecule has 3 heterocycles. The van der Waals surface area contributed by atoms with Crippen LogP contribution in [0.4, 0.5) is 4.79 Å². The van der Waals surface area contributed by atoms with E-state index in [2.05, 4.69) is 22.0 Å². The average Bonchev–Trinajstić information content (AvgIpc) is 4.11. The van der Waals surface area contributed by atoms with E-state index in [0.29, 0.717) is 57.5 Å². The van der Waals surface area contributed by atoms with Crippen molar-refractivity contribution in [2.24, 2.45) is 35.5 Å². The fraction of sp³-hybridized carbons (Fsp3) is 0.638. The predicted molar refractivity (Wildman–Crippen MR) is 289 cm³/mol. The number of hydrogen-bond donors (Lipinski definition) is 1.